The lowest BCUT2D eigenvalue weighted by Gasteiger charge is -2.11. The molecule has 0 radical (unpaired) electrons. The predicted molar refractivity (Wildman–Crippen MR) is 90.3 cm³/mol. The third kappa shape index (κ3) is 5.13. The summed E-state index contributed by atoms with van der Waals surface area (Å²) < 4.78 is 13.6. The average molecular weight is 370 g/mol. The molecule has 0 saturated heterocycles. The van der Waals surface area contributed by atoms with E-state index in [1.54, 1.807) is 30.5 Å². The minimum absolute atomic E-state index is 0.236. The number of thiophene rings is 1. The van der Waals surface area contributed by atoms with E-state index in [1.807, 2.05) is 6.07 Å². The van der Waals surface area contributed by atoms with Crippen LogP contribution in [0.2, 0.25) is 0 Å². The summed E-state index contributed by atoms with van der Waals surface area (Å²) in [7, 11) is 1.75. The van der Waals surface area contributed by atoms with E-state index in [0.29, 0.717) is 4.47 Å². The Morgan fingerprint density at radius 2 is 2.19 bits per heavy atom. The monoisotopic (exact) mass is 369 g/mol. The highest BCUT2D eigenvalue weighted by molar-refractivity contribution is 9.10. The first-order valence-corrected chi connectivity index (χ1v) is 8.27. The minimum Gasteiger partial charge on any atom is -0.356 e. The van der Waals surface area contributed by atoms with E-state index in [2.05, 4.69) is 43.0 Å². The molecule has 0 bridgehead atoms. The van der Waals surface area contributed by atoms with E-state index >= 15 is 0 Å². The van der Waals surface area contributed by atoms with Crippen molar-refractivity contribution in [2.24, 2.45) is 4.99 Å². The largest absolute Gasteiger partial charge is 0.356 e. The molecule has 0 unspecified atom stereocenters. The van der Waals surface area contributed by atoms with Gasteiger partial charge in [-0.25, -0.2) is 4.39 Å². The number of hydrogen-bond donors (Lipinski definition) is 2. The van der Waals surface area contributed by atoms with Crippen LogP contribution < -0.4 is 10.6 Å². The fourth-order valence-electron chi connectivity index (χ4n) is 1.82. The smallest absolute Gasteiger partial charge is 0.191 e. The van der Waals surface area contributed by atoms with Crippen LogP contribution in [-0.4, -0.2) is 19.6 Å². The summed E-state index contributed by atoms with van der Waals surface area (Å²) in [6.07, 6.45) is 0.804. The number of rotatable bonds is 5. The molecule has 2 aromatic rings. The Labute approximate surface area is 136 Å². The molecule has 112 valence electrons. The van der Waals surface area contributed by atoms with E-state index in [0.717, 1.165) is 31.0 Å². The zero-order valence-electron chi connectivity index (χ0n) is 11.7. The van der Waals surface area contributed by atoms with Gasteiger partial charge in [0.1, 0.15) is 5.82 Å². The van der Waals surface area contributed by atoms with Crippen molar-refractivity contribution in [3.63, 3.8) is 0 Å². The van der Waals surface area contributed by atoms with Crippen molar-refractivity contribution in [2.75, 3.05) is 13.6 Å². The first kappa shape index (κ1) is 16.0. The molecule has 0 aliphatic rings. The molecular formula is C15H17BrFN3S. The standard InChI is InChI=1S/C15H17BrFN3S/c1-18-15(20-10-12-3-2-8-21-12)19-7-6-11-4-5-14(17)13(16)9-11/h2-5,8-9H,6-7,10H2,1H3,(H2,18,19,20). The maximum atomic E-state index is 13.1. The fourth-order valence-corrected chi connectivity index (χ4v) is 2.90. The second kappa shape index (κ2) is 8.14. The lowest BCUT2D eigenvalue weighted by Crippen LogP contribution is -2.37. The van der Waals surface area contributed by atoms with Gasteiger partial charge in [0, 0.05) is 18.5 Å². The molecule has 3 nitrogen and oxygen atoms in total. The Kier molecular flexibility index (Phi) is 6.20. The molecule has 0 aliphatic heterocycles. The van der Waals surface area contributed by atoms with Crippen LogP contribution in [0.15, 0.2) is 45.2 Å². The molecule has 0 fully saturated rings. The minimum atomic E-state index is -0.236. The summed E-state index contributed by atoms with van der Waals surface area (Å²) in [6, 6.07) is 9.19. The van der Waals surface area contributed by atoms with E-state index in [-0.39, 0.29) is 5.82 Å². The third-order valence-corrected chi connectivity index (χ3v) is 4.41. The van der Waals surface area contributed by atoms with Crippen LogP contribution >= 0.6 is 27.3 Å². The van der Waals surface area contributed by atoms with Crippen molar-refractivity contribution in [3.8, 4) is 0 Å². The zero-order chi connectivity index (χ0) is 15.1. The summed E-state index contributed by atoms with van der Waals surface area (Å²) in [5.74, 6) is 0.532. The molecule has 1 aromatic carbocycles. The Hall–Kier alpha value is -1.40. The molecule has 0 amide bonds. The number of guanidine groups is 1. The molecule has 21 heavy (non-hydrogen) atoms. The summed E-state index contributed by atoms with van der Waals surface area (Å²) in [6.45, 7) is 1.50. The maximum absolute atomic E-state index is 13.1. The van der Waals surface area contributed by atoms with Gasteiger partial charge in [0.05, 0.1) is 11.0 Å². The van der Waals surface area contributed by atoms with Gasteiger partial charge < -0.3 is 10.6 Å². The molecule has 0 spiro atoms. The van der Waals surface area contributed by atoms with Gasteiger partial charge in [-0.1, -0.05) is 12.1 Å². The van der Waals surface area contributed by atoms with E-state index in [1.165, 1.54) is 10.9 Å². The Balaban J connectivity index is 1.76. The summed E-state index contributed by atoms with van der Waals surface area (Å²) in [5.41, 5.74) is 1.07. The van der Waals surface area contributed by atoms with Crippen molar-refractivity contribution in [3.05, 3.63) is 56.4 Å². The Morgan fingerprint density at radius 1 is 1.33 bits per heavy atom. The van der Waals surface area contributed by atoms with Crippen LogP contribution in [-0.2, 0) is 13.0 Å². The number of nitrogens with zero attached hydrogens (tertiary/aromatic N) is 1. The van der Waals surface area contributed by atoms with Gasteiger partial charge in [-0.3, -0.25) is 4.99 Å². The van der Waals surface area contributed by atoms with Gasteiger partial charge in [-0.2, -0.15) is 0 Å². The van der Waals surface area contributed by atoms with Gasteiger partial charge in [-0.05, 0) is 51.5 Å². The van der Waals surface area contributed by atoms with Gasteiger partial charge in [0.15, 0.2) is 5.96 Å². The lowest BCUT2D eigenvalue weighted by atomic mass is 10.1. The SMILES string of the molecule is CN=C(NCCc1ccc(F)c(Br)c1)NCc1cccs1. The van der Waals surface area contributed by atoms with Crippen molar-refractivity contribution in [2.45, 2.75) is 13.0 Å². The lowest BCUT2D eigenvalue weighted by molar-refractivity contribution is 0.620. The third-order valence-electron chi connectivity index (χ3n) is 2.92. The van der Waals surface area contributed by atoms with Crippen molar-refractivity contribution in [1.82, 2.24) is 10.6 Å². The summed E-state index contributed by atoms with van der Waals surface area (Å²) >= 11 is 4.91. The maximum Gasteiger partial charge on any atom is 0.191 e. The van der Waals surface area contributed by atoms with Crippen LogP contribution in [0.4, 0.5) is 4.39 Å². The molecular weight excluding hydrogens is 353 g/mol. The number of nitrogens with one attached hydrogen (secondary N) is 2. The summed E-state index contributed by atoms with van der Waals surface area (Å²) in [4.78, 5) is 5.44. The highest BCUT2D eigenvalue weighted by Crippen LogP contribution is 2.16. The van der Waals surface area contributed by atoms with Crippen LogP contribution in [0.1, 0.15) is 10.4 Å². The van der Waals surface area contributed by atoms with Crippen LogP contribution in [0, 0.1) is 5.82 Å². The molecule has 2 N–H and O–H groups in total. The number of halogens is 2. The molecule has 6 heteroatoms. The highest BCUT2D eigenvalue weighted by Gasteiger charge is 2.02. The van der Waals surface area contributed by atoms with Gasteiger partial charge in [0.2, 0.25) is 0 Å². The number of aliphatic imine (C=N–C) groups is 1. The van der Waals surface area contributed by atoms with Crippen LogP contribution in [0.25, 0.3) is 0 Å². The second-order valence-electron chi connectivity index (χ2n) is 4.43. The van der Waals surface area contributed by atoms with E-state index in [4.69, 9.17) is 0 Å². The topological polar surface area (TPSA) is 36.4 Å². The van der Waals surface area contributed by atoms with Crippen molar-refractivity contribution < 1.29 is 4.39 Å². The number of benzene rings is 1. The van der Waals surface area contributed by atoms with Gasteiger partial charge in [-0.15, -0.1) is 11.3 Å². The van der Waals surface area contributed by atoms with Crippen molar-refractivity contribution in [1.29, 1.82) is 0 Å². The highest BCUT2D eigenvalue weighted by atomic mass is 79.9. The molecule has 2 rings (SSSR count). The number of hydrogen-bond acceptors (Lipinski definition) is 2. The normalized spacial score (nSPS) is 11.5. The van der Waals surface area contributed by atoms with Crippen LogP contribution in [0.5, 0.6) is 0 Å². The van der Waals surface area contributed by atoms with Gasteiger partial charge >= 0.3 is 0 Å². The fraction of sp³-hybridized carbons (Fsp3) is 0.267. The first-order chi connectivity index (χ1) is 10.2. The molecule has 0 saturated carbocycles. The second-order valence-corrected chi connectivity index (χ2v) is 6.32. The molecule has 1 aromatic heterocycles. The Morgan fingerprint density at radius 3 is 2.86 bits per heavy atom. The van der Waals surface area contributed by atoms with Gasteiger partial charge in [0.25, 0.3) is 0 Å². The Bertz CT molecular complexity index is 599. The van der Waals surface area contributed by atoms with E-state index in [9.17, 15) is 4.39 Å². The molecule has 1 heterocycles. The quantitative estimate of drug-likeness (QED) is 0.624. The molecule has 0 atom stereocenters. The average Bonchev–Trinajstić information content (AvgIpc) is 2.99. The zero-order valence-corrected chi connectivity index (χ0v) is 14.1. The predicted octanol–water partition coefficient (Wildman–Crippen LogP) is 3.56. The first-order valence-electron chi connectivity index (χ1n) is 6.60. The molecule has 0 aliphatic carbocycles. The van der Waals surface area contributed by atoms with E-state index < -0.39 is 0 Å². The van der Waals surface area contributed by atoms with Crippen molar-refractivity contribution >= 4 is 33.2 Å². The van der Waals surface area contributed by atoms with Crippen LogP contribution in [0.3, 0.4) is 0 Å². The summed E-state index contributed by atoms with van der Waals surface area (Å²) in [5, 5.41) is 8.56.